The summed E-state index contributed by atoms with van der Waals surface area (Å²) in [4.78, 5) is 2.33. The van der Waals surface area contributed by atoms with Gasteiger partial charge in [-0.15, -0.1) is 0 Å². The van der Waals surface area contributed by atoms with Crippen LogP contribution in [0.2, 0.25) is 6.32 Å². The Morgan fingerprint density at radius 1 is 1.26 bits per heavy atom. The van der Waals surface area contributed by atoms with Crippen LogP contribution in [0.5, 0.6) is 0 Å². The predicted molar refractivity (Wildman–Crippen MR) is 99.6 cm³/mol. The summed E-state index contributed by atoms with van der Waals surface area (Å²) in [5, 5.41) is 10.3. The number of aliphatic hydroxyl groups is 1. The van der Waals surface area contributed by atoms with E-state index in [1.165, 1.54) is 11.1 Å². The van der Waals surface area contributed by atoms with Gasteiger partial charge in [0.2, 0.25) is 0 Å². The van der Waals surface area contributed by atoms with Crippen LogP contribution >= 0.6 is 0 Å². The highest BCUT2D eigenvalue weighted by atomic mass is 16.3. The van der Waals surface area contributed by atoms with Gasteiger partial charge in [-0.05, 0) is 23.9 Å². The van der Waals surface area contributed by atoms with E-state index < -0.39 is 0 Å². The normalized spacial score (nSPS) is 16.8. The molecule has 2 rings (SSSR count). The van der Waals surface area contributed by atoms with Gasteiger partial charge in [-0.25, -0.2) is 0 Å². The Balaban J connectivity index is 1.82. The minimum atomic E-state index is -0.356. The van der Waals surface area contributed by atoms with Crippen molar-refractivity contribution in [2.45, 2.75) is 25.4 Å². The molecule has 1 unspecified atom stereocenters. The van der Waals surface area contributed by atoms with Crippen LogP contribution < -0.4 is 0 Å². The van der Waals surface area contributed by atoms with Gasteiger partial charge in [0, 0.05) is 19.6 Å². The molecule has 0 amide bonds. The molecule has 0 saturated heterocycles. The van der Waals surface area contributed by atoms with Crippen molar-refractivity contribution < 1.29 is 5.11 Å². The van der Waals surface area contributed by atoms with Gasteiger partial charge in [0.15, 0.2) is 7.28 Å². The third-order valence-corrected chi connectivity index (χ3v) is 4.04. The van der Waals surface area contributed by atoms with Crippen molar-refractivity contribution in [3.8, 4) is 0 Å². The van der Waals surface area contributed by atoms with Gasteiger partial charge in [0.25, 0.3) is 0 Å². The van der Waals surface area contributed by atoms with Crippen molar-refractivity contribution in [1.82, 2.24) is 4.90 Å². The van der Waals surface area contributed by atoms with E-state index >= 15 is 0 Å². The second-order valence-corrected chi connectivity index (χ2v) is 5.84. The minimum absolute atomic E-state index is 0.356. The zero-order chi connectivity index (χ0) is 16.5. The second kappa shape index (κ2) is 9.34. The smallest absolute Gasteiger partial charge is 0.154 e. The highest BCUT2D eigenvalue weighted by molar-refractivity contribution is 6.46. The molecule has 0 fully saturated rings. The lowest BCUT2D eigenvalue weighted by molar-refractivity contribution is 0.119. The van der Waals surface area contributed by atoms with E-state index in [1.54, 1.807) is 12.2 Å². The number of rotatable bonds is 8. The molecule has 0 bridgehead atoms. The molecule has 1 aromatic rings. The summed E-state index contributed by atoms with van der Waals surface area (Å²) in [7, 11) is 2.05. The maximum Gasteiger partial charge on any atom is 0.154 e. The summed E-state index contributed by atoms with van der Waals surface area (Å²) >= 11 is 0. The van der Waals surface area contributed by atoms with Crippen LogP contribution in [0, 0.1) is 0 Å². The largest absolute Gasteiger partial charge is 0.393 e. The van der Waals surface area contributed by atoms with Crippen molar-refractivity contribution in [2.24, 2.45) is 0 Å². The number of β-amino-alcohol motifs (C(OH)–C–C–N with tert-alkyl or cyclic N) is 1. The molecular formula is C20H25BNO. The Morgan fingerprint density at radius 3 is 2.78 bits per heavy atom. The summed E-state index contributed by atoms with van der Waals surface area (Å²) in [6.45, 7) is 10.0. The Morgan fingerprint density at radius 2 is 2.04 bits per heavy atom. The Labute approximate surface area is 140 Å². The molecule has 0 saturated carbocycles. The molecule has 1 atom stereocenters. The fourth-order valence-corrected chi connectivity index (χ4v) is 2.86. The lowest BCUT2D eigenvalue weighted by atomic mass is 9.64. The van der Waals surface area contributed by atoms with Crippen molar-refractivity contribution in [3.05, 3.63) is 84.4 Å². The SMILES string of the molecule is C=C/C=C\C([B]CC(O)CN1CCc2ccccc2C1)=C/C=C. The maximum atomic E-state index is 10.3. The molecule has 3 heteroatoms. The number of benzene rings is 1. The molecule has 1 aliphatic rings. The third-order valence-electron chi connectivity index (χ3n) is 4.04. The molecule has 0 aliphatic carbocycles. The number of allylic oxidation sites excluding steroid dienone is 6. The zero-order valence-electron chi connectivity index (χ0n) is 13.7. The topological polar surface area (TPSA) is 23.5 Å². The highest BCUT2D eigenvalue weighted by Crippen LogP contribution is 2.18. The Bertz CT molecular complexity index is 591. The van der Waals surface area contributed by atoms with Crippen LogP contribution in [0.15, 0.2) is 73.3 Å². The van der Waals surface area contributed by atoms with Gasteiger partial charge in [-0.3, -0.25) is 4.90 Å². The molecule has 1 N–H and O–H groups in total. The molecule has 2 nitrogen and oxygen atoms in total. The molecule has 119 valence electrons. The van der Waals surface area contributed by atoms with Crippen LogP contribution in [-0.4, -0.2) is 36.5 Å². The van der Waals surface area contributed by atoms with Crippen molar-refractivity contribution in [3.63, 3.8) is 0 Å². The highest BCUT2D eigenvalue weighted by Gasteiger charge is 2.18. The van der Waals surface area contributed by atoms with Crippen LogP contribution in [0.1, 0.15) is 11.1 Å². The summed E-state index contributed by atoms with van der Waals surface area (Å²) in [5.74, 6) is 0. The van der Waals surface area contributed by atoms with E-state index in [0.717, 1.165) is 25.0 Å². The molecule has 1 aromatic carbocycles. The fourth-order valence-electron chi connectivity index (χ4n) is 2.86. The molecule has 1 radical (unpaired) electrons. The van der Waals surface area contributed by atoms with E-state index in [9.17, 15) is 5.11 Å². The first-order valence-electron chi connectivity index (χ1n) is 8.15. The van der Waals surface area contributed by atoms with E-state index in [0.29, 0.717) is 12.9 Å². The molecule has 0 aromatic heterocycles. The first-order valence-corrected chi connectivity index (χ1v) is 8.15. The first kappa shape index (κ1) is 17.5. The standard InChI is InChI=1S/C20H25BNO/c1-3-5-11-19(8-4-2)21-14-20(23)16-22-13-12-17-9-6-7-10-18(17)15-22/h3-11,20,23H,1-2,12-16H2/b11-5-,19-8+. The van der Waals surface area contributed by atoms with E-state index in [4.69, 9.17) is 0 Å². The van der Waals surface area contributed by atoms with Gasteiger partial charge in [0.05, 0.1) is 6.10 Å². The number of hydrogen-bond acceptors (Lipinski definition) is 2. The van der Waals surface area contributed by atoms with Crippen LogP contribution in [0.3, 0.4) is 0 Å². The van der Waals surface area contributed by atoms with Gasteiger partial charge in [0.1, 0.15) is 0 Å². The van der Waals surface area contributed by atoms with Gasteiger partial charge in [-0.2, -0.15) is 0 Å². The summed E-state index contributed by atoms with van der Waals surface area (Å²) in [6, 6.07) is 8.58. The number of hydrogen-bond donors (Lipinski definition) is 1. The van der Waals surface area contributed by atoms with Crippen molar-refractivity contribution in [2.75, 3.05) is 13.1 Å². The van der Waals surface area contributed by atoms with Gasteiger partial charge in [-0.1, -0.05) is 73.3 Å². The van der Waals surface area contributed by atoms with Crippen LogP contribution in [0.4, 0.5) is 0 Å². The molecule has 0 spiro atoms. The third kappa shape index (κ3) is 5.70. The fraction of sp³-hybridized carbons (Fsp3) is 0.300. The molecule has 1 aliphatic heterocycles. The number of fused-ring (bicyclic) bond motifs is 1. The minimum Gasteiger partial charge on any atom is -0.393 e. The molecule has 1 heterocycles. The molecule has 23 heavy (non-hydrogen) atoms. The van der Waals surface area contributed by atoms with E-state index in [1.807, 2.05) is 25.5 Å². The first-order chi connectivity index (χ1) is 11.2. The maximum absolute atomic E-state index is 10.3. The van der Waals surface area contributed by atoms with Gasteiger partial charge < -0.3 is 5.11 Å². The zero-order valence-corrected chi connectivity index (χ0v) is 13.7. The predicted octanol–water partition coefficient (Wildman–Crippen LogP) is 3.34. The van der Waals surface area contributed by atoms with Crippen molar-refractivity contribution >= 4 is 7.28 Å². The lowest BCUT2D eigenvalue weighted by Crippen LogP contribution is -2.37. The number of nitrogens with zero attached hydrogens (tertiary/aromatic N) is 1. The lowest BCUT2D eigenvalue weighted by Gasteiger charge is -2.30. The van der Waals surface area contributed by atoms with E-state index in [2.05, 4.69) is 42.3 Å². The quantitative estimate of drug-likeness (QED) is 0.588. The number of aliphatic hydroxyl groups excluding tert-OH is 1. The Kier molecular flexibility index (Phi) is 7.11. The Hall–Kier alpha value is -1.84. The second-order valence-electron chi connectivity index (χ2n) is 5.84. The van der Waals surface area contributed by atoms with Crippen LogP contribution in [-0.2, 0) is 13.0 Å². The average Bonchev–Trinajstić information content (AvgIpc) is 2.57. The van der Waals surface area contributed by atoms with Crippen LogP contribution in [0.25, 0.3) is 0 Å². The molecular weight excluding hydrogens is 281 g/mol. The summed E-state index contributed by atoms with van der Waals surface area (Å²) in [6.07, 6.45) is 10.6. The van der Waals surface area contributed by atoms with Gasteiger partial charge >= 0.3 is 0 Å². The van der Waals surface area contributed by atoms with Crippen molar-refractivity contribution in [1.29, 1.82) is 0 Å². The monoisotopic (exact) mass is 306 g/mol. The summed E-state index contributed by atoms with van der Waals surface area (Å²) in [5.41, 5.74) is 3.87. The van der Waals surface area contributed by atoms with E-state index in [-0.39, 0.29) is 6.10 Å². The summed E-state index contributed by atoms with van der Waals surface area (Å²) < 4.78 is 0. The average molecular weight is 306 g/mol.